The zero-order valence-electron chi connectivity index (χ0n) is 19.2. The van der Waals surface area contributed by atoms with Crippen molar-refractivity contribution in [2.24, 2.45) is 0 Å². The number of methoxy groups -OCH3 is 1. The van der Waals surface area contributed by atoms with Crippen molar-refractivity contribution in [3.63, 3.8) is 0 Å². The van der Waals surface area contributed by atoms with Crippen molar-refractivity contribution in [1.82, 2.24) is 0 Å². The number of esters is 1. The van der Waals surface area contributed by atoms with Crippen molar-refractivity contribution in [2.75, 3.05) is 13.7 Å². The van der Waals surface area contributed by atoms with Crippen LogP contribution in [-0.4, -0.2) is 31.3 Å². The van der Waals surface area contributed by atoms with Crippen LogP contribution in [0.4, 0.5) is 0 Å². The molecule has 0 unspecified atom stereocenters. The highest BCUT2D eigenvalue weighted by Crippen LogP contribution is 2.32. The molecule has 0 saturated carbocycles. The van der Waals surface area contributed by atoms with E-state index in [1.54, 1.807) is 42.5 Å². The van der Waals surface area contributed by atoms with Gasteiger partial charge >= 0.3 is 5.97 Å². The first kappa shape index (κ1) is 23.0. The fourth-order valence-electron chi connectivity index (χ4n) is 3.67. The summed E-state index contributed by atoms with van der Waals surface area (Å²) in [6.07, 6.45) is 1.52. The summed E-state index contributed by atoms with van der Waals surface area (Å²) in [7, 11) is 1.44. The highest BCUT2D eigenvalue weighted by molar-refractivity contribution is 6.41. The standard InChI is InChI=1S/C28H24O6/c1-17(2)19-9-11-20(12-10-19)33-16-26(29)34-24-13-8-18(15-25(24)32-3)14-23-27(30)21-6-4-5-7-22(21)28(23)31/h4-15,17H,16H2,1-3H3. The lowest BCUT2D eigenvalue weighted by Crippen LogP contribution is -2.18. The molecule has 1 aliphatic carbocycles. The van der Waals surface area contributed by atoms with Crippen molar-refractivity contribution >= 4 is 23.6 Å². The number of fused-ring (bicyclic) bond motifs is 1. The Morgan fingerprint density at radius 2 is 1.53 bits per heavy atom. The number of rotatable bonds is 7. The number of carbonyl (C=O) groups is 3. The molecule has 4 rings (SSSR count). The predicted octanol–water partition coefficient (Wildman–Crippen LogP) is 5.27. The quantitative estimate of drug-likeness (QED) is 0.209. The molecule has 0 atom stereocenters. The average Bonchev–Trinajstić information content (AvgIpc) is 3.08. The van der Waals surface area contributed by atoms with Gasteiger partial charge in [0.1, 0.15) is 5.75 Å². The zero-order chi connectivity index (χ0) is 24.2. The van der Waals surface area contributed by atoms with Crippen LogP contribution in [0.25, 0.3) is 6.08 Å². The lowest BCUT2D eigenvalue weighted by Gasteiger charge is -2.11. The van der Waals surface area contributed by atoms with Crippen molar-refractivity contribution in [3.8, 4) is 17.2 Å². The number of allylic oxidation sites excluding steroid dienone is 1. The number of Topliss-reactive ketones (excluding diaryl/α,β-unsaturated/α-hetero) is 2. The average molecular weight is 456 g/mol. The van der Waals surface area contributed by atoms with E-state index in [2.05, 4.69) is 13.8 Å². The highest BCUT2D eigenvalue weighted by atomic mass is 16.6. The Balaban J connectivity index is 1.44. The Hall–Kier alpha value is -4.19. The molecule has 0 radical (unpaired) electrons. The molecule has 0 amide bonds. The first-order valence-corrected chi connectivity index (χ1v) is 10.9. The second-order valence-electron chi connectivity index (χ2n) is 8.16. The lowest BCUT2D eigenvalue weighted by molar-refractivity contribution is -0.136. The van der Waals surface area contributed by atoms with Gasteiger partial charge in [0.25, 0.3) is 0 Å². The van der Waals surface area contributed by atoms with Crippen LogP contribution in [0.3, 0.4) is 0 Å². The van der Waals surface area contributed by atoms with Crippen LogP contribution in [0, 0.1) is 0 Å². The fourth-order valence-corrected chi connectivity index (χ4v) is 3.67. The lowest BCUT2D eigenvalue weighted by atomic mass is 10.0. The van der Waals surface area contributed by atoms with E-state index in [-0.39, 0.29) is 29.5 Å². The third-order valence-corrected chi connectivity index (χ3v) is 5.53. The fraction of sp³-hybridized carbons (Fsp3) is 0.179. The van der Waals surface area contributed by atoms with E-state index in [1.165, 1.54) is 18.7 Å². The molecular weight excluding hydrogens is 432 g/mol. The van der Waals surface area contributed by atoms with E-state index in [0.29, 0.717) is 34.1 Å². The molecule has 0 N–H and O–H groups in total. The van der Waals surface area contributed by atoms with Crippen LogP contribution < -0.4 is 14.2 Å². The minimum atomic E-state index is -0.589. The van der Waals surface area contributed by atoms with Crippen molar-refractivity contribution in [3.05, 3.63) is 94.6 Å². The van der Waals surface area contributed by atoms with E-state index in [1.807, 2.05) is 24.3 Å². The van der Waals surface area contributed by atoms with E-state index in [0.717, 1.165) is 0 Å². The molecule has 0 aromatic heterocycles. The summed E-state index contributed by atoms with van der Waals surface area (Å²) in [5.74, 6) is 0.268. The maximum atomic E-state index is 12.6. The van der Waals surface area contributed by atoms with Crippen LogP contribution >= 0.6 is 0 Å². The van der Waals surface area contributed by atoms with Gasteiger partial charge in [0.15, 0.2) is 29.7 Å². The normalized spacial score (nSPS) is 12.5. The minimum Gasteiger partial charge on any atom is -0.493 e. The summed E-state index contributed by atoms with van der Waals surface area (Å²) in [6.45, 7) is 3.94. The molecular formula is C28H24O6. The zero-order valence-corrected chi connectivity index (χ0v) is 19.2. The molecule has 0 heterocycles. The third kappa shape index (κ3) is 4.76. The van der Waals surface area contributed by atoms with Gasteiger partial charge < -0.3 is 14.2 Å². The van der Waals surface area contributed by atoms with Crippen molar-refractivity contribution in [1.29, 1.82) is 0 Å². The molecule has 0 bridgehead atoms. The first-order chi connectivity index (χ1) is 16.4. The number of hydrogen-bond acceptors (Lipinski definition) is 6. The second-order valence-corrected chi connectivity index (χ2v) is 8.16. The number of ether oxygens (including phenoxy) is 3. The van der Waals surface area contributed by atoms with Crippen molar-refractivity contribution in [2.45, 2.75) is 19.8 Å². The van der Waals surface area contributed by atoms with Crippen LogP contribution in [0.15, 0.2) is 72.3 Å². The minimum absolute atomic E-state index is 0.0879. The largest absolute Gasteiger partial charge is 0.493 e. The molecule has 3 aromatic carbocycles. The molecule has 0 aliphatic heterocycles. The number of ketones is 2. The number of hydrogen-bond donors (Lipinski definition) is 0. The van der Waals surface area contributed by atoms with E-state index in [9.17, 15) is 14.4 Å². The Labute approximate surface area is 197 Å². The van der Waals surface area contributed by atoms with E-state index >= 15 is 0 Å². The van der Waals surface area contributed by atoms with Crippen molar-refractivity contribution < 1.29 is 28.6 Å². The molecule has 34 heavy (non-hydrogen) atoms. The van der Waals surface area contributed by atoms with Gasteiger partial charge in [-0.05, 0) is 47.4 Å². The number of benzene rings is 3. The van der Waals surface area contributed by atoms with Gasteiger partial charge in [-0.2, -0.15) is 0 Å². The summed E-state index contributed by atoms with van der Waals surface area (Å²) in [6, 6.07) is 19.1. The van der Waals surface area contributed by atoms with Gasteiger partial charge in [0.2, 0.25) is 0 Å². The van der Waals surface area contributed by atoms with E-state index in [4.69, 9.17) is 14.2 Å². The van der Waals surface area contributed by atoms with Gasteiger partial charge in [-0.25, -0.2) is 4.79 Å². The van der Waals surface area contributed by atoms with Crippen LogP contribution in [0.1, 0.15) is 51.6 Å². The van der Waals surface area contributed by atoms with E-state index < -0.39 is 5.97 Å². The molecule has 172 valence electrons. The van der Waals surface area contributed by atoms with Gasteiger partial charge in [-0.3, -0.25) is 9.59 Å². The predicted molar refractivity (Wildman–Crippen MR) is 128 cm³/mol. The van der Waals surface area contributed by atoms with Crippen LogP contribution in [0.2, 0.25) is 0 Å². The molecule has 3 aromatic rings. The van der Waals surface area contributed by atoms with Gasteiger partial charge in [-0.1, -0.05) is 56.3 Å². The summed E-state index contributed by atoms with van der Waals surface area (Å²) in [5, 5.41) is 0. The molecule has 6 heteroatoms. The third-order valence-electron chi connectivity index (χ3n) is 5.53. The molecule has 1 aliphatic rings. The smallest absolute Gasteiger partial charge is 0.349 e. The van der Waals surface area contributed by atoms with Gasteiger partial charge in [-0.15, -0.1) is 0 Å². The van der Waals surface area contributed by atoms with Crippen LogP contribution in [-0.2, 0) is 4.79 Å². The highest BCUT2D eigenvalue weighted by Gasteiger charge is 2.32. The van der Waals surface area contributed by atoms with Gasteiger partial charge in [0, 0.05) is 11.1 Å². The molecule has 0 fully saturated rings. The Morgan fingerprint density at radius 3 is 2.12 bits per heavy atom. The summed E-state index contributed by atoms with van der Waals surface area (Å²) in [4.78, 5) is 37.5. The topological polar surface area (TPSA) is 78.9 Å². The summed E-state index contributed by atoms with van der Waals surface area (Å²) >= 11 is 0. The molecule has 6 nitrogen and oxygen atoms in total. The van der Waals surface area contributed by atoms with Crippen LogP contribution in [0.5, 0.6) is 17.2 Å². The maximum absolute atomic E-state index is 12.6. The molecule has 0 spiro atoms. The van der Waals surface area contributed by atoms with Gasteiger partial charge in [0.05, 0.1) is 12.7 Å². The first-order valence-electron chi connectivity index (χ1n) is 10.9. The number of carbonyl (C=O) groups excluding carboxylic acids is 3. The summed E-state index contributed by atoms with van der Waals surface area (Å²) in [5.41, 5.74) is 2.64. The monoisotopic (exact) mass is 456 g/mol. The second kappa shape index (κ2) is 9.75. The maximum Gasteiger partial charge on any atom is 0.349 e. The molecule has 0 saturated heterocycles. The SMILES string of the molecule is COc1cc(C=C2C(=O)c3ccccc3C2=O)ccc1OC(=O)COc1ccc(C(C)C)cc1. The Morgan fingerprint density at radius 1 is 0.882 bits per heavy atom. The Bertz CT molecular complexity index is 1250. The summed E-state index contributed by atoms with van der Waals surface area (Å²) < 4.78 is 16.3. The Kier molecular flexibility index (Phi) is 6.59.